The first kappa shape index (κ1) is 40.5. The van der Waals surface area contributed by atoms with Gasteiger partial charge in [-0.15, -0.1) is 0 Å². The average Bonchev–Trinajstić information content (AvgIpc) is 3.63. The third kappa shape index (κ3) is 14.7. The number of benzene rings is 2. The van der Waals surface area contributed by atoms with Crippen molar-refractivity contribution in [2.45, 2.75) is 57.2 Å². The molecule has 41 heavy (non-hydrogen) atoms. The van der Waals surface area contributed by atoms with E-state index in [-0.39, 0.29) is 85.5 Å². The summed E-state index contributed by atoms with van der Waals surface area (Å²) in [4.78, 5) is 32.5. The Labute approximate surface area is 265 Å². The number of nitrogens with two attached hydrogens (primary N) is 1. The number of rotatable bonds is 6. The van der Waals surface area contributed by atoms with Crippen LogP contribution in [0.5, 0.6) is 0 Å². The Morgan fingerprint density at radius 3 is 1.83 bits per heavy atom. The second kappa shape index (κ2) is 23.0. The fraction of sp³-hybridized carbons (Fsp3) is 0.448. The van der Waals surface area contributed by atoms with E-state index in [1.54, 1.807) is 12.1 Å². The summed E-state index contributed by atoms with van der Waals surface area (Å²) in [6.07, 6.45) is 6.50. The molecule has 0 bridgehead atoms. The van der Waals surface area contributed by atoms with Gasteiger partial charge in [0.05, 0.1) is 26.1 Å². The standard InChI is InChI=1S/C14H18FNO2.C7H5FO.C7H13NO2.CN.B.Na/c1-18-14(17)12-3-2-4-13(12)16-9-10-5-7-11(15)8-6-10;8-7-3-1-6(5-9)2-4-7;1-10-7(9)5-3-2-4-6(5)8;1-2;;/h5-8,12-13,16H,2-4,9H2,1H3;1-5H;5-6H,2-4,8H2,1H3;;;/q;;;-1;;+1. The van der Waals surface area contributed by atoms with Gasteiger partial charge in [-0.1, -0.05) is 25.0 Å². The van der Waals surface area contributed by atoms with E-state index in [1.165, 1.54) is 50.6 Å². The van der Waals surface area contributed by atoms with Gasteiger partial charge in [0.25, 0.3) is 0 Å². The molecule has 3 N–H and O–H groups in total. The molecule has 2 aromatic carbocycles. The van der Waals surface area contributed by atoms with Gasteiger partial charge in [-0.2, -0.15) is 0 Å². The van der Waals surface area contributed by atoms with Crippen molar-refractivity contribution in [3.63, 3.8) is 0 Å². The Balaban J connectivity index is 0. The van der Waals surface area contributed by atoms with Crippen molar-refractivity contribution in [2.24, 2.45) is 17.6 Å². The maximum atomic E-state index is 12.8. The number of halogens is 2. The van der Waals surface area contributed by atoms with Crippen LogP contribution in [0, 0.1) is 35.3 Å². The molecule has 4 unspecified atom stereocenters. The molecule has 215 valence electrons. The van der Waals surface area contributed by atoms with Gasteiger partial charge in [0.15, 0.2) is 0 Å². The van der Waals surface area contributed by atoms with E-state index < -0.39 is 0 Å². The van der Waals surface area contributed by atoms with Crippen LogP contribution in [-0.4, -0.2) is 52.9 Å². The van der Waals surface area contributed by atoms with Gasteiger partial charge in [0.2, 0.25) is 0 Å². The fourth-order valence-electron chi connectivity index (χ4n) is 4.46. The summed E-state index contributed by atoms with van der Waals surface area (Å²) in [6, 6.07) is 12.0. The molecule has 3 radical (unpaired) electrons. The number of ether oxygens (including phenoxy) is 2. The third-order valence-electron chi connectivity index (χ3n) is 6.58. The molecule has 4 rings (SSSR count). The zero-order chi connectivity index (χ0) is 29.2. The van der Waals surface area contributed by atoms with E-state index >= 15 is 0 Å². The number of methoxy groups -OCH3 is 2. The maximum Gasteiger partial charge on any atom is 1.00 e. The Hall–Kier alpha value is -2.62. The first-order chi connectivity index (χ1) is 18.8. The number of hydrogen-bond acceptors (Lipinski definition) is 8. The van der Waals surface area contributed by atoms with Crippen LogP contribution in [0.15, 0.2) is 48.5 Å². The Kier molecular flexibility index (Phi) is 22.7. The normalized spacial score (nSPS) is 20.0. The van der Waals surface area contributed by atoms with Crippen LogP contribution in [0.25, 0.3) is 0 Å². The van der Waals surface area contributed by atoms with Crippen LogP contribution in [0.4, 0.5) is 8.78 Å². The van der Waals surface area contributed by atoms with E-state index in [1.807, 2.05) is 0 Å². The molecule has 2 fully saturated rings. The molecule has 2 aromatic rings. The largest absolute Gasteiger partial charge is 1.00 e. The van der Waals surface area contributed by atoms with Crippen molar-refractivity contribution in [3.8, 4) is 0 Å². The van der Waals surface area contributed by atoms with Gasteiger partial charge < -0.3 is 32.4 Å². The molecule has 0 aromatic heterocycles. The summed E-state index contributed by atoms with van der Waals surface area (Å²) in [5.74, 6) is -0.915. The minimum Gasteiger partial charge on any atom is -0.512 e. The molecule has 2 aliphatic carbocycles. The minimum atomic E-state index is -0.319. The second-order valence-electron chi connectivity index (χ2n) is 9.07. The van der Waals surface area contributed by atoms with E-state index in [2.05, 4.69) is 10.1 Å². The number of carbonyl (C=O) groups excluding carboxylic acids is 3. The van der Waals surface area contributed by atoms with Gasteiger partial charge in [-0.05, 0) is 67.6 Å². The monoisotopic (exact) mass is 578 g/mol. The third-order valence-corrected chi connectivity index (χ3v) is 6.58. The number of nitrogens with zero attached hydrogens (tertiary/aromatic N) is 1. The zero-order valence-electron chi connectivity index (χ0n) is 23.9. The number of nitrogens with one attached hydrogen (secondary N) is 1. The van der Waals surface area contributed by atoms with Crippen molar-refractivity contribution in [3.05, 3.63) is 77.9 Å². The molecular weight excluding hydrogens is 542 g/mol. The SMILES string of the molecule is COC(=O)C1CCCC1N.COC(=O)C1CCCC1NCc1ccc(F)cc1.O=Cc1ccc(F)cc1.[B].[C-]#N.[Na+]. The van der Waals surface area contributed by atoms with Crippen molar-refractivity contribution in [1.82, 2.24) is 5.32 Å². The first-order valence-electron chi connectivity index (χ1n) is 12.6. The maximum absolute atomic E-state index is 12.8. The molecule has 0 heterocycles. The number of esters is 2. The van der Waals surface area contributed by atoms with Crippen LogP contribution in [-0.2, 0) is 25.6 Å². The number of hydrogen-bond donors (Lipinski definition) is 2. The van der Waals surface area contributed by atoms with Crippen molar-refractivity contribution >= 4 is 26.6 Å². The Morgan fingerprint density at radius 1 is 0.902 bits per heavy atom. The summed E-state index contributed by atoms with van der Waals surface area (Å²) in [5, 5.41) is 9.61. The molecule has 0 spiro atoms. The van der Waals surface area contributed by atoms with Gasteiger partial charge >= 0.3 is 41.5 Å². The molecule has 12 heteroatoms. The van der Waals surface area contributed by atoms with Gasteiger partial charge in [0.1, 0.15) is 17.9 Å². The van der Waals surface area contributed by atoms with Crippen molar-refractivity contribution in [1.29, 1.82) is 5.26 Å². The summed E-state index contributed by atoms with van der Waals surface area (Å²) >= 11 is 0. The van der Waals surface area contributed by atoms with Gasteiger partial charge in [-0.25, -0.2) is 8.78 Å². The molecule has 4 atom stereocenters. The van der Waals surface area contributed by atoms with E-state index in [0.29, 0.717) is 18.4 Å². The van der Waals surface area contributed by atoms with Gasteiger partial charge in [-0.3, -0.25) is 14.4 Å². The molecule has 0 aliphatic heterocycles. The van der Waals surface area contributed by atoms with E-state index in [0.717, 1.165) is 44.1 Å². The topological polar surface area (TPSA) is 132 Å². The summed E-state index contributed by atoms with van der Waals surface area (Å²) in [7, 11) is 2.84. The average molecular weight is 578 g/mol. The summed E-state index contributed by atoms with van der Waals surface area (Å²) in [6.45, 7) is 5.40. The predicted molar refractivity (Wildman–Crippen MR) is 146 cm³/mol. The van der Waals surface area contributed by atoms with E-state index in [4.69, 9.17) is 22.3 Å². The second-order valence-corrected chi connectivity index (χ2v) is 9.07. The molecule has 2 saturated carbocycles. The summed E-state index contributed by atoms with van der Waals surface area (Å²) < 4.78 is 34.3. The van der Waals surface area contributed by atoms with Crippen LogP contribution >= 0.6 is 0 Å². The van der Waals surface area contributed by atoms with E-state index in [9.17, 15) is 23.2 Å². The summed E-state index contributed by atoms with van der Waals surface area (Å²) in [5.41, 5.74) is 7.17. The molecule has 0 amide bonds. The Morgan fingerprint density at radius 2 is 1.37 bits per heavy atom. The van der Waals surface area contributed by atoms with Crippen LogP contribution in [0.3, 0.4) is 0 Å². The Bertz CT molecular complexity index is 1040. The molecular formula is C29H36BF2N3NaO5. The number of carbonyl (C=O) groups is 3. The molecule has 2 aliphatic rings. The minimum absolute atomic E-state index is 0. The first-order valence-corrected chi connectivity index (χ1v) is 12.6. The van der Waals surface area contributed by atoms with Crippen molar-refractivity contribution < 1.29 is 62.2 Å². The molecule has 0 saturated heterocycles. The number of aldehydes is 1. The van der Waals surface area contributed by atoms with Crippen LogP contribution in [0.2, 0.25) is 0 Å². The predicted octanol–water partition coefficient (Wildman–Crippen LogP) is 0.902. The smallest absolute Gasteiger partial charge is 0.512 e. The molecule has 8 nitrogen and oxygen atoms in total. The fourth-order valence-corrected chi connectivity index (χ4v) is 4.46. The van der Waals surface area contributed by atoms with Crippen molar-refractivity contribution in [2.75, 3.05) is 14.2 Å². The van der Waals surface area contributed by atoms with Gasteiger partial charge in [0, 0.05) is 32.6 Å². The zero-order valence-corrected chi connectivity index (χ0v) is 25.9. The van der Waals surface area contributed by atoms with Crippen LogP contribution in [0.1, 0.15) is 54.4 Å². The van der Waals surface area contributed by atoms with Crippen LogP contribution < -0.4 is 40.6 Å². The quantitative estimate of drug-likeness (QED) is 0.224.